The van der Waals surface area contributed by atoms with Gasteiger partial charge in [-0.1, -0.05) is 30.3 Å². The number of nitrogens with one attached hydrogen (secondary N) is 1. The van der Waals surface area contributed by atoms with Crippen LogP contribution in [-0.2, 0) is 16.0 Å². The lowest BCUT2D eigenvalue weighted by molar-refractivity contribution is -0.146. The molecule has 0 saturated heterocycles. The molecule has 0 unspecified atom stereocenters. The second-order valence-electron chi connectivity index (χ2n) is 5.87. The van der Waals surface area contributed by atoms with Gasteiger partial charge in [0.1, 0.15) is 5.82 Å². The maximum Gasteiger partial charge on any atom is 0.306 e. The Morgan fingerprint density at radius 3 is 2.60 bits per heavy atom. The van der Waals surface area contributed by atoms with E-state index in [-0.39, 0.29) is 18.0 Å². The van der Waals surface area contributed by atoms with Gasteiger partial charge in [-0.25, -0.2) is 4.39 Å². The lowest BCUT2D eigenvalue weighted by Crippen LogP contribution is -2.24. The smallest absolute Gasteiger partial charge is 0.306 e. The summed E-state index contributed by atoms with van der Waals surface area (Å²) >= 11 is 0. The number of para-hydroxylation sites is 1. The quantitative estimate of drug-likeness (QED) is 0.544. The van der Waals surface area contributed by atoms with Crippen LogP contribution in [0, 0.1) is 5.82 Å². The Morgan fingerprint density at radius 1 is 1.12 bits per heavy atom. The highest BCUT2D eigenvalue weighted by molar-refractivity contribution is 6.10. The van der Waals surface area contributed by atoms with E-state index in [1.807, 2.05) is 24.3 Å². The number of carbonyl (C=O) groups excluding carboxylic acids is 2. The standard InChI is InChI=1S/C20H18FNO3/c1-13(20(24)17-12-22-18-5-3-2-4-16(17)18)25-19(23)11-8-14-6-9-15(21)10-7-14/h2-7,9-10,12-13,22H,8,11H2,1H3/t13-/m1/s1. The molecule has 1 heterocycles. The van der Waals surface area contributed by atoms with E-state index in [2.05, 4.69) is 4.98 Å². The van der Waals surface area contributed by atoms with Crippen LogP contribution in [0.3, 0.4) is 0 Å². The van der Waals surface area contributed by atoms with Crippen LogP contribution in [-0.4, -0.2) is 22.8 Å². The largest absolute Gasteiger partial charge is 0.454 e. The minimum absolute atomic E-state index is 0.136. The van der Waals surface area contributed by atoms with Crippen molar-refractivity contribution in [3.8, 4) is 0 Å². The number of carbonyl (C=O) groups is 2. The fourth-order valence-electron chi connectivity index (χ4n) is 2.70. The van der Waals surface area contributed by atoms with Crippen LogP contribution < -0.4 is 0 Å². The van der Waals surface area contributed by atoms with E-state index in [4.69, 9.17) is 4.74 Å². The van der Waals surface area contributed by atoms with Crippen LogP contribution in [0.25, 0.3) is 10.9 Å². The molecule has 0 radical (unpaired) electrons. The molecule has 4 nitrogen and oxygen atoms in total. The topological polar surface area (TPSA) is 59.2 Å². The molecule has 2 aromatic carbocycles. The molecule has 0 amide bonds. The molecule has 0 aliphatic carbocycles. The summed E-state index contributed by atoms with van der Waals surface area (Å²) in [5, 5.41) is 0.807. The van der Waals surface area contributed by atoms with Crippen LogP contribution in [0.15, 0.2) is 54.7 Å². The number of esters is 1. The maximum absolute atomic E-state index is 12.9. The summed E-state index contributed by atoms with van der Waals surface area (Å²) in [7, 11) is 0. The van der Waals surface area contributed by atoms with Gasteiger partial charge >= 0.3 is 5.97 Å². The first-order valence-electron chi connectivity index (χ1n) is 8.09. The van der Waals surface area contributed by atoms with Crippen molar-refractivity contribution in [2.75, 3.05) is 0 Å². The molecule has 0 saturated carbocycles. The van der Waals surface area contributed by atoms with Gasteiger partial charge in [0.15, 0.2) is 6.10 Å². The van der Waals surface area contributed by atoms with E-state index in [0.717, 1.165) is 16.5 Å². The Bertz CT molecular complexity index is 899. The Balaban J connectivity index is 1.59. The molecule has 0 spiro atoms. The number of aromatic amines is 1. The first-order chi connectivity index (χ1) is 12.0. The van der Waals surface area contributed by atoms with E-state index in [9.17, 15) is 14.0 Å². The average Bonchev–Trinajstić information content (AvgIpc) is 3.04. The summed E-state index contributed by atoms with van der Waals surface area (Å²) in [6.07, 6.45) is 1.35. The van der Waals surface area contributed by atoms with Crippen LogP contribution in [0.1, 0.15) is 29.3 Å². The number of rotatable bonds is 6. The lowest BCUT2D eigenvalue weighted by Gasteiger charge is -2.12. The maximum atomic E-state index is 12.9. The van der Waals surface area contributed by atoms with Gasteiger partial charge in [0, 0.05) is 29.1 Å². The Hall–Kier alpha value is -2.95. The van der Waals surface area contributed by atoms with Crippen molar-refractivity contribution in [3.05, 3.63) is 71.7 Å². The van der Waals surface area contributed by atoms with Gasteiger partial charge in [0.25, 0.3) is 0 Å². The molecule has 5 heteroatoms. The molecule has 0 aliphatic heterocycles. The summed E-state index contributed by atoms with van der Waals surface area (Å²) < 4.78 is 18.1. The van der Waals surface area contributed by atoms with E-state index in [0.29, 0.717) is 12.0 Å². The minimum Gasteiger partial charge on any atom is -0.454 e. The Labute approximate surface area is 144 Å². The number of hydrogen-bond donors (Lipinski definition) is 1. The van der Waals surface area contributed by atoms with Crippen LogP contribution in [0.2, 0.25) is 0 Å². The molecule has 0 bridgehead atoms. The molecule has 0 fully saturated rings. The predicted molar refractivity (Wildman–Crippen MR) is 92.9 cm³/mol. The zero-order valence-electron chi connectivity index (χ0n) is 13.8. The van der Waals surface area contributed by atoms with E-state index in [1.165, 1.54) is 12.1 Å². The number of fused-ring (bicyclic) bond motifs is 1. The zero-order valence-corrected chi connectivity index (χ0v) is 13.8. The van der Waals surface area contributed by atoms with Crippen molar-refractivity contribution < 1.29 is 18.7 Å². The molecule has 1 atom stereocenters. The molecule has 1 aromatic heterocycles. The van der Waals surface area contributed by atoms with Crippen LogP contribution in [0.5, 0.6) is 0 Å². The Kier molecular flexibility index (Phi) is 4.93. The summed E-state index contributed by atoms with van der Waals surface area (Å²) in [6.45, 7) is 1.57. The molecule has 0 aliphatic rings. The number of Topliss-reactive ketones (excluding diaryl/α,β-unsaturated/α-hetero) is 1. The highest BCUT2D eigenvalue weighted by Gasteiger charge is 2.22. The van der Waals surface area contributed by atoms with Gasteiger partial charge in [-0.05, 0) is 37.1 Å². The molecule has 25 heavy (non-hydrogen) atoms. The number of ketones is 1. The number of aromatic nitrogens is 1. The van der Waals surface area contributed by atoms with Crippen molar-refractivity contribution in [2.45, 2.75) is 25.9 Å². The first kappa shape index (κ1) is 16.9. The van der Waals surface area contributed by atoms with Gasteiger partial charge in [0.2, 0.25) is 5.78 Å². The average molecular weight is 339 g/mol. The summed E-state index contributed by atoms with van der Waals surface area (Å²) in [5.41, 5.74) is 2.21. The van der Waals surface area contributed by atoms with E-state index < -0.39 is 12.1 Å². The molecular weight excluding hydrogens is 321 g/mol. The van der Waals surface area contributed by atoms with Gasteiger partial charge in [0.05, 0.1) is 0 Å². The number of H-pyrrole nitrogens is 1. The monoisotopic (exact) mass is 339 g/mol. The van der Waals surface area contributed by atoms with Gasteiger partial charge in [-0.2, -0.15) is 0 Å². The summed E-state index contributed by atoms with van der Waals surface area (Å²) in [5.74, 6) is -1.01. The van der Waals surface area contributed by atoms with Crippen molar-refractivity contribution in [2.24, 2.45) is 0 Å². The number of benzene rings is 2. The fourth-order valence-corrected chi connectivity index (χ4v) is 2.70. The molecular formula is C20H18FNO3. The van der Waals surface area contributed by atoms with Gasteiger partial charge < -0.3 is 9.72 Å². The molecule has 1 N–H and O–H groups in total. The third-order valence-corrected chi connectivity index (χ3v) is 4.06. The Morgan fingerprint density at radius 2 is 1.84 bits per heavy atom. The van der Waals surface area contributed by atoms with Crippen molar-refractivity contribution in [1.82, 2.24) is 4.98 Å². The highest BCUT2D eigenvalue weighted by atomic mass is 19.1. The number of hydrogen-bond acceptors (Lipinski definition) is 3. The molecule has 3 aromatic rings. The normalized spacial score (nSPS) is 12.1. The number of ether oxygens (including phenoxy) is 1. The summed E-state index contributed by atoms with van der Waals surface area (Å²) in [6, 6.07) is 13.4. The lowest BCUT2D eigenvalue weighted by atomic mass is 10.1. The first-order valence-corrected chi connectivity index (χ1v) is 8.09. The minimum atomic E-state index is -0.861. The summed E-state index contributed by atoms with van der Waals surface area (Å²) in [4.78, 5) is 27.5. The SMILES string of the molecule is C[C@@H](OC(=O)CCc1ccc(F)cc1)C(=O)c1c[nH]c2ccccc12. The second-order valence-corrected chi connectivity index (χ2v) is 5.87. The zero-order chi connectivity index (χ0) is 17.8. The fraction of sp³-hybridized carbons (Fsp3) is 0.200. The second kappa shape index (κ2) is 7.30. The number of aryl methyl sites for hydroxylation is 1. The molecule has 128 valence electrons. The highest BCUT2D eigenvalue weighted by Crippen LogP contribution is 2.20. The van der Waals surface area contributed by atoms with Crippen molar-refractivity contribution in [3.63, 3.8) is 0 Å². The van der Waals surface area contributed by atoms with E-state index in [1.54, 1.807) is 25.3 Å². The molecule has 3 rings (SSSR count). The van der Waals surface area contributed by atoms with Crippen molar-refractivity contribution >= 4 is 22.7 Å². The van der Waals surface area contributed by atoms with Gasteiger partial charge in [-0.15, -0.1) is 0 Å². The van der Waals surface area contributed by atoms with Crippen LogP contribution >= 0.6 is 0 Å². The van der Waals surface area contributed by atoms with Crippen LogP contribution in [0.4, 0.5) is 4.39 Å². The van der Waals surface area contributed by atoms with Crippen molar-refractivity contribution in [1.29, 1.82) is 0 Å². The predicted octanol–water partition coefficient (Wildman–Crippen LogP) is 4.05. The number of halogens is 1. The third-order valence-electron chi connectivity index (χ3n) is 4.06. The van der Waals surface area contributed by atoms with E-state index >= 15 is 0 Å². The van der Waals surface area contributed by atoms with Gasteiger partial charge in [-0.3, -0.25) is 9.59 Å². The third kappa shape index (κ3) is 3.94.